The molecule has 0 aliphatic heterocycles. The van der Waals surface area contributed by atoms with Crippen molar-refractivity contribution in [1.29, 1.82) is 0 Å². The van der Waals surface area contributed by atoms with Crippen LogP contribution in [0.15, 0.2) is 36.4 Å². The minimum atomic E-state index is -3.24. The van der Waals surface area contributed by atoms with E-state index in [4.69, 9.17) is 13.8 Å². The number of rotatable bonds is 20. The average molecular weight is 519 g/mol. The third kappa shape index (κ3) is 10.7. The molecule has 0 heterocycles. The molecule has 0 spiro atoms. The maximum Gasteiger partial charge on any atom is 0.338 e. The molecule has 0 aliphatic carbocycles. The van der Waals surface area contributed by atoms with E-state index in [1.807, 2.05) is 30.3 Å². The highest BCUT2D eigenvalue weighted by Gasteiger charge is 2.26. The van der Waals surface area contributed by atoms with Crippen LogP contribution in [0.3, 0.4) is 0 Å². The first-order valence-electron chi connectivity index (χ1n) is 14.1. The number of esters is 1. The van der Waals surface area contributed by atoms with Crippen molar-refractivity contribution in [1.82, 2.24) is 0 Å². The minimum absolute atomic E-state index is 0.170. The molecule has 0 aliphatic rings. The minimum Gasteiger partial charge on any atom is -0.462 e. The topological polar surface area (TPSA) is 61.8 Å². The summed E-state index contributed by atoms with van der Waals surface area (Å²) in [5, 5.41) is 1.67. The molecule has 0 aromatic heterocycles. The molecule has 202 valence electrons. The van der Waals surface area contributed by atoms with Gasteiger partial charge in [-0.05, 0) is 42.7 Å². The predicted molar refractivity (Wildman–Crippen MR) is 150 cm³/mol. The number of benzene rings is 2. The van der Waals surface area contributed by atoms with Crippen molar-refractivity contribution >= 4 is 24.3 Å². The zero-order valence-electron chi connectivity index (χ0n) is 22.8. The van der Waals surface area contributed by atoms with Crippen LogP contribution in [-0.2, 0) is 24.5 Å². The van der Waals surface area contributed by atoms with Crippen molar-refractivity contribution in [2.75, 3.05) is 19.8 Å². The Morgan fingerprint density at radius 3 is 1.78 bits per heavy atom. The summed E-state index contributed by atoms with van der Waals surface area (Å²) in [7, 11) is -3.24. The Kier molecular flexibility index (Phi) is 15.0. The SMILES string of the molecule is CCCCCCCCCCCCCCOC(=O)c1ccc(CP(=O)(OCC)OCC)c2ccccc12. The Morgan fingerprint density at radius 1 is 0.694 bits per heavy atom. The third-order valence-electron chi connectivity index (χ3n) is 6.48. The second kappa shape index (κ2) is 17.7. The number of carbonyl (C=O) groups excluding carboxylic acids is 1. The molecule has 2 rings (SSSR count). The van der Waals surface area contributed by atoms with Crippen molar-refractivity contribution in [2.45, 2.75) is 104 Å². The van der Waals surface area contributed by atoms with Gasteiger partial charge >= 0.3 is 13.6 Å². The fraction of sp³-hybridized carbons (Fsp3) is 0.633. The summed E-state index contributed by atoms with van der Waals surface area (Å²) in [6.45, 7) is 6.95. The van der Waals surface area contributed by atoms with E-state index in [1.54, 1.807) is 19.9 Å². The molecule has 0 radical (unpaired) electrons. The molecule has 2 aromatic carbocycles. The summed E-state index contributed by atoms with van der Waals surface area (Å²) < 4.78 is 29.6. The first-order chi connectivity index (χ1) is 17.5. The zero-order valence-corrected chi connectivity index (χ0v) is 23.7. The molecular formula is C30H47O5P. The molecule has 5 nitrogen and oxygen atoms in total. The maximum absolute atomic E-state index is 13.1. The van der Waals surface area contributed by atoms with Crippen LogP contribution >= 0.6 is 7.60 Å². The van der Waals surface area contributed by atoms with Crippen molar-refractivity contribution in [3.8, 4) is 0 Å². The molecule has 2 aromatic rings. The zero-order chi connectivity index (χ0) is 26.1. The fourth-order valence-electron chi connectivity index (χ4n) is 4.59. The van der Waals surface area contributed by atoms with Crippen molar-refractivity contribution < 1.29 is 23.1 Å². The van der Waals surface area contributed by atoms with E-state index in [9.17, 15) is 9.36 Å². The van der Waals surface area contributed by atoms with Gasteiger partial charge in [-0.3, -0.25) is 4.57 Å². The smallest absolute Gasteiger partial charge is 0.338 e. The van der Waals surface area contributed by atoms with E-state index in [0.29, 0.717) is 25.4 Å². The summed E-state index contributed by atoms with van der Waals surface area (Å²) in [5.74, 6) is -0.307. The highest BCUT2D eigenvalue weighted by molar-refractivity contribution is 7.53. The van der Waals surface area contributed by atoms with Gasteiger partial charge in [0.25, 0.3) is 0 Å². The van der Waals surface area contributed by atoms with Gasteiger partial charge in [-0.1, -0.05) is 108 Å². The lowest BCUT2D eigenvalue weighted by molar-refractivity contribution is 0.0500. The van der Waals surface area contributed by atoms with Gasteiger partial charge < -0.3 is 13.8 Å². The fourth-order valence-corrected chi connectivity index (χ4v) is 6.33. The van der Waals surface area contributed by atoms with Crippen molar-refractivity contribution in [3.05, 3.63) is 47.5 Å². The Morgan fingerprint density at radius 2 is 1.22 bits per heavy atom. The summed E-state index contributed by atoms with van der Waals surface area (Å²) in [6.07, 6.45) is 15.5. The van der Waals surface area contributed by atoms with Crippen LogP contribution < -0.4 is 0 Å². The maximum atomic E-state index is 13.1. The summed E-state index contributed by atoms with van der Waals surface area (Å²) >= 11 is 0. The Hall–Kier alpha value is -1.68. The molecule has 0 unspecified atom stereocenters. The average Bonchev–Trinajstić information content (AvgIpc) is 2.87. The van der Waals surface area contributed by atoms with Crippen molar-refractivity contribution in [3.63, 3.8) is 0 Å². The Labute approximate surface area is 218 Å². The van der Waals surface area contributed by atoms with Crippen LogP contribution in [0.4, 0.5) is 0 Å². The third-order valence-corrected chi connectivity index (χ3v) is 8.51. The van der Waals surface area contributed by atoms with E-state index in [2.05, 4.69) is 6.92 Å². The second-order valence-electron chi connectivity index (χ2n) is 9.45. The van der Waals surface area contributed by atoms with E-state index < -0.39 is 7.60 Å². The number of unbranched alkanes of at least 4 members (excludes halogenated alkanes) is 11. The standard InChI is InChI=1S/C30H47O5P/c1-4-7-8-9-10-11-12-13-14-15-16-19-24-33-30(31)29-23-22-26(27-20-17-18-21-28(27)29)25-36(32,34-5-2)35-6-3/h17-18,20-23H,4-16,19,24-25H2,1-3H3. The number of hydrogen-bond acceptors (Lipinski definition) is 5. The highest BCUT2D eigenvalue weighted by atomic mass is 31.2. The molecule has 0 bridgehead atoms. The van der Waals surface area contributed by atoms with Crippen LogP contribution in [0.2, 0.25) is 0 Å². The van der Waals surface area contributed by atoms with Gasteiger partial charge in [0.1, 0.15) is 0 Å². The lowest BCUT2D eigenvalue weighted by atomic mass is 10.0. The van der Waals surface area contributed by atoms with Gasteiger partial charge in [0.2, 0.25) is 0 Å². The summed E-state index contributed by atoms with van der Waals surface area (Å²) in [4.78, 5) is 12.8. The van der Waals surface area contributed by atoms with E-state index >= 15 is 0 Å². The molecule has 0 atom stereocenters. The van der Waals surface area contributed by atoms with Gasteiger partial charge in [0, 0.05) is 0 Å². The molecule has 0 saturated carbocycles. The Bertz CT molecular complexity index is 932. The molecule has 0 fully saturated rings. The van der Waals surface area contributed by atoms with Gasteiger partial charge in [-0.25, -0.2) is 4.79 Å². The largest absolute Gasteiger partial charge is 0.462 e. The number of carbonyl (C=O) groups is 1. The van der Waals surface area contributed by atoms with E-state index in [0.717, 1.165) is 29.2 Å². The quantitative estimate of drug-likeness (QED) is 0.0992. The molecule has 36 heavy (non-hydrogen) atoms. The first kappa shape index (κ1) is 30.5. The van der Waals surface area contributed by atoms with Crippen LogP contribution in [0.25, 0.3) is 10.8 Å². The monoisotopic (exact) mass is 518 g/mol. The molecular weight excluding hydrogens is 471 g/mol. The van der Waals surface area contributed by atoms with Crippen LogP contribution in [0.5, 0.6) is 0 Å². The lowest BCUT2D eigenvalue weighted by Crippen LogP contribution is -2.08. The highest BCUT2D eigenvalue weighted by Crippen LogP contribution is 2.52. The molecule has 0 saturated heterocycles. The van der Waals surface area contributed by atoms with E-state index in [-0.39, 0.29) is 12.1 Å². The lowest BCUT2D eigenvalue weighted by Gasteiger charge is -2.18. The van der Waals surface area contributed by atoms with E-state index in [1.165, 1.54) is 64.2 Å². The summed E-state index contributed by atoms with van der Waals surface area (Å²) in [5.41, 5.74) is 1.38. The first-order valence-corrected chi connectivity index (χ1v) is 15.8. The number of hydrogen-bond donors (Lipinski definition) is 0. The van der Waals surface area contributed by atoms with Gasteiger partial charge in [-0.2, -0.15) is 0 Å². The van der Waals surface area contributed by atoms with Gasteiger partial charge in [-0.15, -0.1) is 0 Å². The van der Waals surface area contributed by atoms with Crippen LogP contribution in [-0.4, -0.2) is 25.8 Å². The number of ether oxygens (including phenoxy) is 1. The number of fused-ring (bicyclic) bond motifs is 1. The molecule has 0 N–H and O–H groups in total. The molecule has 6 heteroatoms. The van der Waals surface area contributed by atoms with Gasteiger partial charge in [0.05, 0.1) is 31.5 Å². The van der Waals surface area contributed by atoms with Crippen molar-refractivity contribution in [2.24, 2.45) is 0 Å². The van der Waals surface area contributed by atoms with Crippen LogP contribution in [0.1, 0.15) is 114 Å². The molecule has 0 amide bonds. The normalized spacial score (nSPS) is 11.8. The van der Waals surface area contributed by atoms with Gasteiger partial charge in [0.15, 0.2) is 0 Å². The Balaban J connectivity index is 1.79. The van der Waals surface area contributed by atoms with Crippen LogP contribution in [0, 0.1) is 0 Å². The summed E-state index contributed by atoms with van der Waals surface area (Å²) in [6, 6.07) is 11.3. The predicted octanol–water partition coefficient (Wildman–Crippen LogP) is 9.46. The second-order valence-corrected chi connectivity index (χ2v) is 11.5.